The van der Waals surface area contributed by atoms with Crippen LogP contribution in [-0.2, 0) is 0 Å². The zero-order valence-corrected chi connectivity index (χ0v) is 9.14. The molecule has 0 saturated carbocycles. The zero-order chi connectivity index (χ0) is 12.4. The average Bonchev–Trinajstić information content (AvgIpc) is 2.82. The van der Waals surface area contributed by atoms with Crippen molar-refractivity contribution in [1.82, 2.24) is 25.1 Å². The normalized spacial score (nSPS) is 10.0. The van der Waals surface area contributed by atoms with Crippen LogP contribution in [0.4, 0.5) is 0 Å². The topological polar surface area (TPSA) is 87.3 Å². The van der Waals surface area contributed by atoms with Crippen LogP contribution in [-0.4, -0.2) is 25.1 Å². The third kappa shape index (κ3) is 1.74. The number of fused-ring (bicyclic) bond motifs is 1. The van der Waals surface area contributed by atoms with Crippen LogP contribution in [0.3, 0.4) is 0 Å². The Morgan fingerprint density at radius 1 is 1.17 bits per heavy atom. The molecule has 0 unspecified atom stereocenters. The number of nitrogens with one attached hydrogen (secondary N) is 2. The molecule has 0 atom stereocenters. The Bertz CT molecular complexity index is 807. The minimum Gasteiger partial charge on any atom is -0.312 e. The Morgan fingerprint density at radius 2 is 2.00 bits per heavy atom. The van der Waals surface area contributed by atoms with Crippen LogP contribution in [0.2, 0.25) is 0 Å². The van der Waals surface area contributed by atoms with Crippen molar-refractivity contribution < 1.29 is 0 Å². The number of aromatic amines is 2. The van der Waals surface area contributed by atoms with Gasteiger partial charge in [0.2, 0.25) is 0 Å². The van der Waals surface area contributed by atoms with E-state index < -0.39 is 0 Å². The number of hydrogen-bond acceptors (Lipinski definition) is 4. The van der Waals surface area contributed by atoms with Crippen molar-refractivity contribution in [2.24, 2.45) is 0 Å². The molecule has 0 aromatic carbocycles. The summed E-state index contributed by atoms with van der Waals surface area (Å²) in [5, 5.41) is 7.02. The second kappa shape index (κ2) is 4.14. The summed E-state index contributed by atoms with van der Waals surface area (Å²) >= 11 is 0. The molecule has 6 heteroatoms. The summed E-state index contributed by atoms with van der Waals surface area (Å²) < 4.78 is 0. The number of rotatable bonds is 0. The van der Waals surface area contributed by atoms with E-state index in [1.807, 2.05) is 0 Å². The first-order chi connectivity index (χ1) is 8.84. The maximum absolute atomic E-state index is 11.6. The largest absolute Gasteiger partial charge is 0.312 e. The van der Waals surface area contributed by atoms with Crippen LogP contribution >= 0.6 is 0 Å². The fraction of sp³-hybridized carbons (Fsp3) is 0. The smallest absolute Gasteiger partial charge is 0.263 e. The molecule has 0 aliphatic carbocycles. The predicted molar refractivity (Wildman–Crippen MR) is 64.7 cm³/mol. The number of pyridine rings is 1. The van der Waals surface area contributed by atoms with Gasteiger partial charge in [0.1, 0.15) is 5.39 Å². The number of nitrogens with zero attached hydrogens (tertiary/aromatic N) is 3. The Morgan fingerprint density at radius 3 is 2.83 bits per heavy atom. The lowest BCUT2D eigenvalue weighted by Crippen LogP contribution is -2.05. The molecular formula is C12H7N5O. The molecule has 2 N–H and O–H groups in total. The molecule has 0 spiro atoms. The van der Waals surface area contributed by atoms with Gasteiger partial charge in [0.15, 0.2) is 11.3 Å². The van der Waals surface area contributed by atoms with Crippen molar-refractivity contribution >= 4 is 11.0 Å². The van der Waals surface area contributed by atoms with Gasteiger partial charge < -0.3 is 4.98 Å². The molecule has 3 aromatic heterocycles. The molecule has 3 heterocycles. The molecule has 86 valence electrons. The molecule has 0 amide bonds. The van der Waals surface area contributed by atoms with E-state index in [4.69, 9.17) is 0 Å². The van der Waals surface area contributed by atoms with E-state index >= 15 is 0 Å². The SMILES string of the molecule is O=c1[nH]cnc2[nH]nc(C#Cc3ccncc3)c12. The van der Waals surface area contributed by atoms with Gasteiger partial charge in [-0.3, -0.25) is 14.9 Å². The van der Waals surface area contributed by atoms with Crippen LogP contribution in [0.5, 0.6) is 0 Å². The highest BCUT2D eigenvalue weighted by atomic mass is 16.1. The monoisotopic (exact) mass is 237 g/mol. The van der Waals surface area contributed by atoms with E-state index in [1.54, 1.807) is 24.5 Å². The molecule has 0 aliphatic heterocycles. The van der Waals surface area contributed by atoms with Gasteiger partial charge in [0.05, 0.1) is 6.33 Å². The third-order valence-corrected chi connectivity index (χ3v) is 2.37. The highest BCUT2D eigenvalue weighted by molar-refractivity contribution is 5.79. The fourth-order valence-electron chi connectivity index (χ4n) is 1.53. The maximum Gasteiger partial charge on any atom is 0.263 e. The summed E-state index contributed by atoms with van der Waals surface area (Å²) in [7, 11) is 0. The van der Waals surface area contributed by atoms with Crippen LogP contribution < -0.4 is 5.56 Å². The molecule has 0 aliphatic rings. The minimum absolute atomic E-state index is 0.257. The van der Waals surface area contributed by atoms with Crippen LogP contribution in [0.25, 0.3) is 11.0 Å². The molecule has 3 rings (SSSR count). The van der Waals surface area contributed by atoms with Gasteiger partial charge in [-0.05, 0) is 18.1 Å². The van der Waals surface area contributed by atoms with E-state index in [0.717, 1.165) is 5.56 Å². The van der Waals surface area contributed by atoms with E-state index in [2.05, 4.69) is 37.0 Å². The summed E-state index contributed by atoms with van der Waals surface area (Å²) in [6, 6.07) is 3.56. The quantitative estimate of drug-likeness (QED) is 0.555. The molecule has 0 saturated heterocycles. The standard InChI is InChI=1S/C12H7N5O/c18-12-10-9(16-17-11(10)14-7-15-12)2-1-8-3-5-13-6-4-8/h3-7H,(H2,14,15,16,17,18). The number of hydrogen-bond donors (Lipinski definition) is 2. The van der Waals surface area contributed by atoms with Gasteiger partial charge in [-0.2, -0.15) is 5.10 Å². The van der Waals surface area contributed by atoms with Crippen LogP contribution in [0.15, 0.2) is 35.6 Å². The van der Waals surface area contributed by atoms with E-state index in [9.17, 15) is 4.79 Å². The highest BCUT2D eigenvalue weighted by Gasteiger charge is 2.07. The van der Waals surface area contributed by atoms with E-state index in [-0.39, 0.29) is 5.56 Å². The van der Waals surface area contributed by atoms with Crippen molar-refractivity contribution in [1.29, 1.82) is 0 Å². The van der Waals surface area contributed by atoms with Gasteiger partial charge in [0, 0.05) is 18.0 Å². The Balaban J connectivity index is 2.12. The molecular weight excluding hydrogens is 230 g/mol. The van der Waals surface area contributed by atoms with Crippen molar-refractivity contribution in [2.75, 3.05) is 0 Å². The van der Waals surface area contributed by atoms with Gasteiger partial charge in [-0.15, -0.1) is 0 Å². The second-order valence-electron chi connectivity index (χ2n) is 3.51. The minimum atomic E-state index is -0.257. The molecule has 18 heavy (non-hydrogen) atoms. The molecule has 6 nitrogen and oxygen atoms in total. The second-order valence-corrected chi connectivity index (χ2v) is 3.51. The van der Waals surface area contributed by atoms with Crippen molar-refractivity contribution in [2.45, 2.75) is 0 Å². The van der Waals surface area contributed by atoms with Gasteiger partial charge >= 0.3 is 0 Å². The van der Waals surface area contributed by atoms with E-state index in [0.29, 0.717) is 16.7 Å². The predicted octanol–water partition coefficient (Wildman–Crippen LogP) is 0.441. The first-order valence-corrected chi connectivity index (χ1v) is 5.18. The highest BCUT2D eigenvalue weighted by Crippen LogP contribution is 2.06. The molecule has 3 aromatic rings. The van der Waals surface area contributed by atoms with Crippen molar-refractivity contribution in [3.8, 4) is 11.8 Å². The number of aromatic nitrogens is 5. The van der Waals surface area contributed by atoms with Crippen LogP contribution in [0.1, 0.15) is 11.3 Å². The lowest BCUT2D eigenvalue weighted by Gasteiger charge is -1.86. The lowest BCUT2D eigenvalue weighted by atomic mass is 10.2. The van der Waals surface area contributed by atoms with E-state index in [1.165, 1.54) is 6.33 Å². The Kier molecular flexibility index (Phi) is 2.35. The first kappa shape index (κ1) is 10.2. The molecule has 0 fully saturated rings. The van der Waals surface area contributed by atoms with Gasteiger partial charge in [-0.25, -0.2) is 4.98 Å². The average molecular weight is 237 g/mol. The molecule has 0 bridgehead atoms. The van der Waals surface area contributed by atoms with Gasteiger partial charge in [-0.1, -0.05) is 5.92 Å². The Labute approximate surface area is 101 Å². The van der Waals surface area contributed by atoms with Crippen LogP contribution in [0, 0.1) is 11.8 Å². The fourth-order valence-corrected chi connectivity index (χ4v) is 1.53. The maximum atomic E-state index is 11.6. The summed E-state index contributed by atoms with van der Waals surface area (Å²) in [6.45, 7) is 0. The summed E-state index contributed by atoms with van der Waals surface area (Å²) in [5.41, 5.74) is 1.36. The third-order valence-electron chi connectivity index (χ3n) is 2.37. The molecule has 0 radical (unpaired) electrons. The summed E-state index contributed by atoms with van der Waals surface area (Å²) in [6.07, 6.45) is 4.63. The van der Waals surface area contributed by atoms with Crippen molar-refractivity contribution in [3.05, 3.63) is 52.5 Å². The lowest BCUT2D eigenvalue weighted by molar-refractivity contribution is 1.07. The van der Waals surface area contributed by atoms with Gasteiger partial charge in [0.25, 0.3) is 5.56 Å². The zero-order valence-electron chi connectivity index (χ0n) is 9.14. The van der Waals surface area contributed by atoms with Crippen molar-refractivity contribution in [3.63, 3.8) is 0 Å². The summed E-state index contributed by atoms with van der Waals surface area (Å²) in [4.78, 5) is 22.0. The number of H-pyrrole nitrogens is 2. The Hall–Kier alpha value is -2.94. The summed E-state index contributed by atoms with van der Waals surface area (Å²) in [5.74, 6) is 5.76. The first-order valence-electron chi connectivity index (χ1n) is 5.18.